The van der Waals surface area contributed by atoms with Gasteiger partial charge in [-0.25, -0.2) is 0 Å². The topological polar surface area (TPSA) is 38.3 Å². The first-order valence-corrected chi connectivity index (χ1v) is 9.34. The Hall–Kier alpha value is -2.00. The minimum Gasteiger partial charge on any atom is -0.484 e. The molecule has 3 rings (SSSR count). The van der Waals surface area contributed by atoms with Crippen LogP contribution in [0.15, 0.2) is 30.3 Å². The van der Waals surface area contributed by atoms with Gasteiger partial charge in [0.15, 0.2) is 6.61 Å². The van der Waals surface area contributed by atoms with E-state index in [1.54, 1.807) is 0 Å². The van der Waals surface area contributed by atoms with Crippen molar-refractivity contribution in [2.45, 2.75) is 46.0 Å². The second-order valence-corrected chi connectivity index (χ2v) is 6.80. The van der Waals surface area contributed by atoms with Crippen LogP contribution in [0.1, 0.15) is 42.5 Å². The van der Waals surface area contributed by atoms with Crippen LogP contribution in [0.5, 0.6) is 5.75 Å². The number of amides is 1. The highest BCUT2D eigenvalue weighted by atomic mass is 35.5. The predicted octanol–water partition coefficient (Wildman–Crippen LogP) is 4.97. The van der Waals surface area contributed by atoms with Crippen molar-refractivity contribution in [1.82, 2.24) is 0 Å². The van der Waals surface area contributed by atoms with Crippen LogP contribution in [0.25, 0.3) is 0 Å². The number of anilines is 1. The predicted molar refractivity (Wildman–Crippen MR) is 103 cm³/mol. The van der Waals surface area contributed by atoms with Gasteiger partial charge in [0.1, 0.15) is 5.75 Å². The maximum Gasteiger partial charge on any atom is 0.262 e. The lowest BCUT2D eigenvalue weighted by Gasteiger charge is -2.16. The summed E-state index contributed by atoms with van der Waals surface area (Å²) in [6, 6.07) is 9.99. The Balaban J connectivity index is 1.68. The molecule has 0 spiro atoms. The van der Waals surface area contributed by atoms with Crippen molar-refractivity contribution < 1.29 is 9.53 Å². The Morgan fingerprint density at radius 2 is 1.92 bits per heavy atom. The summed E-state index contributed by atoms with van der Waals surface area (Å²) in [5.41, 5.74) is 5.64. The van der Waals surface area contributed by atoms with E-state index >= 15 is 0 Å². The van der Waals surface area contributed by atoms with Gasteiger partial charge < -0.3 is 10.1 Å². The number of carbonyl (C=O) groups excluding carboxylic acids is 1. The molecule has 1 aliphatic rings. The molecule has 0 atom stereocenters. The average molecular weight is 358 g/mol. The largest absolute Gasteiger partial charge is 0.484 e. The van der Waals surface area contributed by atoms with Crippen LogP contribution in [-0.4, -0.2) is 12.5 Å². The van der Waals surface area contributed by atoms with E-state index in [-0.39, 0.29) is 12.5 Å². The second kappa shape index (κ2) is 7.92. The molecule has 2 aromatic rings. The first-order valence-electron chi connectivity index (χ1n) is 8.97. The quantitative estimate of drug-likeness (QED) is 0.792. The number of halogens is 1. The smallest absolute Gasteiger partial charge is 0.262 e. The minimum atomic E-state index is -0.160. The van der Waals surface area contributed by atoms with E-state index in [4.69, 9.17) is 16.3 Å². The lowest BCUT2D eigenvalue weighted by molar-refractivity contribution is -0.118. The molecule has 132 valence electrons. The van der Waals surface area contributed by atoms with Crippen molar-refractivity contribution in [3.63, 3.8) is 0 Å². The first-order chi connectivity index (χ1) is 12.1. The summed E-state index contributed by atoms with van der Waals surface area (Å²) in [7, 11) is 0. The van der Waals surface area contributed by atoms with Gasteiger partial charge in [0.25, 0.3) is 5.91 Å². The van der Waals surface area contributed by atoms with E-state index in [0.29, 0.717) is 5.02 Å². The maximum absolute atomic E-state index is 12.4. The molecule has 0 aromatic heterocycles. The van der Waals surface area contributed by atoms with Crippen molar-refractivity contribution in [3.05, 3.63) is 57.6 Å². The number of benzene rings is 2. The van der Waals surface area contributed by atoms with Gasteiger partial charge in [-0.3, -0.25) is 4.79 Å². The SMILES string of the molecule is CCc1ccc(Cl)c(CC)c1NC(=O)COc1ccc2c(c1)CCC2. The number of hydrogen-bond donors (Lipinski definition) is 1. The van der Waals surface area contributed by atoms with Gasteiger partial charge in [0.2, 0.25) is 0 Å². The van der Waals surface area contributed by atoms with Gasteiger partial charge in [0.05, 0.1) is 0 Å². The van der Waals surface area contributed by atoms with Crippen molar-refractivity contribution in [2.24, 2.45) is 0 Å². The Morgan fingerprint density at radius 1 is 1.12 bits per heavy atom. The summed E-state index contributed by atoms with van der Waals surface area (Å²) < 4.78 is 5.70. The number of aryl methyl sites for hydroxylation is 3. The molecule has 3 nitrogen and oxygen atoms in total. The minimum absolute atomic E-state index is 0.00237. The lowest BCUT2D eigenvalue weighted by Crippen LogP contribution is -2.22. The highest BCUT2D eigenvalue weighted by Gasteiger charge is 2.15. The van der Waals surface area contributed by atoms with Crippen molar-refractivity contribution in [3.8, 4) is 5.75 Å². The molecular weight excluding hydrogens is 334 g/mol. The summed E-state index contributed by atoms with van der Waals surface area (Å²) in [5.74, 6) is 0.598. The molecule has 0 aliphatic heterocycles. The van der Waals surface area contributed by atoms with Crippen LogP contribution in [-0.2, 0) is 30.5 Å². The summed E-state index contributed by atoms with van der Waals surface area (Å²) in [4.78, 5) is 12.4. The standard InChI is InChI=1S/C21H24ClNO2/c1-3-14-9-11-19(22)18(4-2)21(14)23-20(24)13-25-17-10-8-15-6-5-7-16(15)12-17/h8-12H,3-7,13H2,1-2H3,(H,23,24). The zero-order valence-electron chi connectivity index (χ0n) is 14.8. The van der Waals surface area contributed by atoms with Crippen molar-refractivity contribution in [1.29, 1.82) is 0 Å². The fraction of sp³-hybridized carbons (Fsp3) is 0.381. The van der Waals surface area contributed by atoms with Crippen LogP contribution in [0.2, 0.25) is 5.02 Å². The van der Waals surface area contributed by atoms with E-state index in [9.17, 15) is 4.79 Å². The Morgan fingerprint density at radius 3 is 2.68 bits per heavy atom. The lowest BCUT2D eigenvalue weighted by atomic mass is 10.0. The van der Waals surface area contributed by atoms with Gasteiger partial charge in [0, 0.05) is 10.7 Å². The highest BCUT2D eigenvalue weighted by molar-refractivity contribution is 6.32. The van der Waals surface area contributed by atoms with E-state index in [2.05, 4.69) is 24.4 Å². The average Bonchev–Trinajstić information content (AvgIpc) is 3.08. The van der Waals surface area contributed by atoms with E-state index in [1.165, 1.54) is 17.5 Å². The molecule has 1 amide bonds. The Kier molecular flexibility index (Phi) is 5.64. The number of nitrogens with one attached hydrogen (secondary N) is 1. The summed E-state index contributed by atoms with van der Waals surface area (Å²) in [5, 5.41) is 3.69. The molecule has 0 heterocycles. The monoisotopic (exact) mass is 357 g/mol. The third-order valence-corrected chi connectivity index (χ3v) is 5.13. The third-order valence-electron chi connectivity index (χ3n) is 4.78. The number of rotatable bonds is 6. The Bertz CT molecular complexity index is 786. The molecule has 4 heteroatoms. The third kappa shape index (κ3) is 3.98. The molecule has 0 fully saturated rings. The molecule has 25 heavy (non-hydrogen) atoms. The number of hydrogen-bond acceptors (Lipinski definition) is 2. The van der Waals surface area contributed by atoms with Gasteiger partial charge >= 0.3 is 0 Å². The highest BCUT2D eigenvalue weighted by Crippen LogP contribution is 2.30. The van der Waals surface area contributed by atoms with Crippen LogP contribution < -0.4 is 10.1 Å². The van der Waals surface area contributed by atoms with E-state index in [1.807, 2.05) is 25.1 Å². The van der Waals surface area contributed by atoms with Crippen LogP contribution in [0, 0.1) is 0 Å². The number of ether oxygens (including phenoxy) is 1. The van der Waals surface area contributed by atoms with Crippen LogP contribution >= 0.6 is 11.6 Å². The second-order valence-electron chi connectivity index (χ2n) is 6.39. The zero-order valence-corrected chi connectivity index (χ0v) is 15.6. The molecule has 0 unspecified atom stereocenters. The van der Waals surface area contributed by atoms with Crippen LogP contribution in [0.3, 0.4) is 0 Å². The summed E-state index contributed by atoms with van der Waals surface area (Å²) in [6.07, 6.45) is 5.05. The molecule has 0 saturated carbocycles. The Labute approximate surface area is 154 Å². The summed E-state index contributed by atoms with van der Waals surface area (Å²) >= 11 is 6.29. The maximum atomic E-state index is 12.4. The normalized spacial score (nSPS) is 12.8. The van der Waals surface area contributed by atoms with E-state index < -0.39 is 0 Å². The molecule has 0 saturated heterocycles. The molecular formula is C21H24ClNO2. The molecule has 1 aliphatic carbocycles. The molecule has 2 aromatic carbocycles. The van der Waals surface area contributed by atoms with Gasteiger partial charge in [-0.1, -0.05) is 37.6 Å². The molecule has 1 N–H and O–H groups in total. The summed E-state index contributed by atoms with van der Waals surface area (Å²) in [6.45, 7) is 4.11. The fourth-order valence-electron chi connectivity index (χ4n) is 3.43. The fourth-order valence-corrected chi connectivity index (χ4v) is 3.72. The number of carbonyl (C=O) groups is 1. The van der Waals surface area contributed by atoms with E-state index in [0.717, 1.165) is 48.2 Å². The first kappa shape index (κ1) is 17.8. The van der Waals surface area contributed by atoms with Gasteiger partial charge in [-0.05, 0) is 72.6 Å². The van der Waals surface area contributed by atoms with Gasteiger partial charge in [-0.15, -0.1) is 0 Å². The molecule has 0 bridgehead atoms. The van der Waals surface area contributed by atoms with Crippen molar-refractivity contribution >= 4 is 23.2 Å². The van der Waals surface area contributed by atoms with Crippen molar-refractivity contribution in [2.75, 3.05) is 11.9 Å². The molecule has 0 radical (unpaired) electrons. The number of fused-ring (bicyclic) bond motifs is 1. The van der Waals surface area contributed by atoms with Crippen LogP contribution in [0.4, 0.5) is 5.69 Å². The van der Waals surface area contributed by atoms with Gasteiger partial charge in [-0.2, -0.15) is 0 Å². The zero-order chi connectivity index (χ0) is 17.8.